The van der Waals surface area contributed by atoms with Crippen molar-refractivity contribution in [2.75, 3.05) is 42.5 Å². The van der Waals surface area contributed by atoms with Gasteiger partial charge in [-0.2, -0.15) is 0 Å². The molecule has 2 aromatic heterocycles. The monoisotopic (exact) mass is 424 g/mol. The molecule has 30 heavy (non-hydrogen) atoms. The van der Waals surface area contributed by atoms with Crippen LogP contribution in [0.3, 0.4) is 0 Å². The minimum absolute atomic E-state index is 0.00974. The third-order valence-electron chi connectivity index (χ3n) is 5.48. The van der Waals surface area contributed by atoms with Gasteiger partial charge in [0.15, 0.2) is 0 Å². The first kappa shape index (κ1) is 20.4. The number of nitrogens with zero attached hydrogens (tertiary/aromatic N) is 5. The van der Waals surface area contributed by atoms with Crippen molar-refractivity contribution in [3.63, 3.8) is 0 Å². The second kappa shape index (κ2) is 9.75. The number of aromatic nitrogens is 3. The first-order chi connectivity index (χ1) is 14.7. The zero-order valence-electron chi connectivity index (χ0n) is 17.3. The Morgan fingerprint density at radius 2 is 1.93 bits per heavy atom. The quantitative estimate of drug-likeness (QED) is 0.602. The Hall–Kier alpha value is -2.87. The molecule has 0 unspecified atom stereocenters. The van der Waals surface area contributed by atoms with E-state index in [2.05, 4.69) is 44.4 Å². The normalized spacial score (nSPS) is 16.4. The summed E-state index contributed by atoms with van der Waals surface area (Å²) in [5, 5.41) is 13.5. The summed E-state index contributed by atoms with van der Waals surface area (Å²) in [6.07, 6.45) is 5.83. The van der Waals surface area contributed by atoms with E-state index >= 15 is 0 Å². The van der Waals surface area contributed by atoms with Gasteiger partial charge >= 0.3 is 0 Å². The topological polar surface area (TPSA) is 66.3 Å². The highest BCUT2D eigenvalue weighted by Crippen LogP contribution is 2.27. The van der Waals surface area contributed by atoms with Gasteiger partial charge in [-0.3, -0.25) is 9.36 Å². The fraction of sp³-hybridized carbons (Fsp3) is 0.409. The maximum absolute atomic E-state index is 12.8. The molecular weight excluding hydrogens is 396 g/mol. The Bertz CT molecular complexity index is 926. The van der Waals surface area contributed by atoms with Gasteiger partial charge in [0.1, 0.15) is 0 Å². The molecule has 3 heterocycles. The van der Waals surface area contributed by atoms with Crippen LogP contribution in [0.15, 0.2) is 54.9 Å². The van der Waals surface area contributed by atoms with E-state index in [9.17, 15) is 4.79 Å². The largest absolute Gasteiger partial charge is 0.370 e. The molecule has 1 fully saturated rings. The van der Waals surface area contributed by atoms with Gasteiger partial charge in [0.05, 0.1) is 5.92 Å². The molecule has 1 N–H and O–H groups in total. The molecule has 1 amide bonds. The van der Waals surface area contributed by atoms with Gasteiger partial charge < -0.3 is 15.1 Å². The minimum Gasteiger partial charge on any atom is -0.370 e. The van der Waals surface area contributed by atoms with Crippen LogP contribution in [-0.2, 0) is 4.79 Å². The van der Waals surface area contributed by atoms with Crippen molar-refractivity contribution in [2.45, 2.75) is 19.8 Å². The van der Waals surface area contributed by atoms with E-state index < -0.39 is 0 Å². The number of amides is 1. The molecule has 0 saturated carbocycles. The number of benzene rings is 1. The number of likely N-dealkylation sites (N-methyl/N-ethyl adjacent to an activating group) is 1. The lowest BCUT2D eigenvalue weighted by Gasteiger charge is -2.31. The van der Waals surface area contributed by atoms with E-state index in [4.69, 9.17) is 0 Å². The molecule has 7 nitrogen and oxygen atoms in total. The van der Waals surface area contributed by atoms with Crippen LogP contribution >= 0.6 is 11.3 Å². The maximum atomic E-state index is 12.8. The zero-order valence-corrected chi connectivity index (χ0v) is 18.1. The van der Waals surface area contributed by atoms with Crippen molar-refractivity contribution in [1.29, 1.82) is 0 Å². The third kappa shape index (κ3) is 4.81. The number of hydrogen-bond donors (Lipinski definition) is 1. The van der Waals surface area contributed by atoms with Gasteiger partial charge in [0, 0.05) is 50.8 Å². The summed E-state index contributed by atoms with van der Waals surface area (Å²) in [6, 6.07) is 14.3. The molecule has 1 atom stereocenters. The summed E-state index contributed by atoms with van der Waals surface area (Å²) in [4.78, 5) is 17.3. The lowest BCUT2D eigenvalue weighted by Crippen LogP contribution is -2.44. The first-order valence-electron chi connectivity index (χ1n) is 10.5. The van der Waals surface area contributed by atoms with Crippen molar-refractivity contribution in [3.05, 3.63) is 54.9 Å². The molecule has 3 aromatic rings. The minimum atomic E-state index is -0.00974. The first-order valence-corrected chi connectivity index (χ1v) is 11.4. The van der Waals surface area contributed by atoms with Crippen LogP contribution in [-0.4, -0.2) is 53.4 Å². The number of nitrogens with one attached hydrogen (secondary N) is 1. The maximum Gasteiger partial charge on any atom is 0.224 e. The summed E-state index contributed by atoms with van der Waals surface area (Å²) in [5.41, 5.74) is 1.19. The van der Waals surface area contributed by atoms with Gasteiger partial charge in [-0.05, 0) is 44.0 Å². The fourth-order valence-electron chi connectivity index (χ4n) is 3.83. The highest BCUT2D eigenvalue weighted by molar-refractivity contribution is 7.17. The number of hydrogen-bond acceptors (Lipinski definition) is 6. The smallest absolute Gasteiger partial charge is 0.224 e. The van der Waals surface area contributed by atoms with Gasteiger partial charge in [0.25, 0.3) is 0 Å². The molecule has 8 heteroatoms. The van der Waals surface area contributed by atoms with Crippen LogP contribution < -0.4 is 15.1 Å². The lowest BCUT2D eigenvalue weighted by atomic mass is 9.97. The molecular formula is C22H28N6OS. The predicted octanol–water partition coefficient (Wildman–Crippen LogP) is 3.19. The molecule has 158 valence electrons. The second-order valence-electron chi connectivity index (χ2n) is 7.45. The highest BCUT2D eigenvalue weighted by Gasteiger charge is 2.27. The van der Waals surface area contributed by atoms with Gasteiger partial charge in [-0.1, -0.05) is 29.5 Å². The van der Waals surface area contributed by atoms with Crippen LogP contribution in [0.5, 0.6) is 0 Å². The van der Waals surface area contributed by atoms with Crippen LogP contribution in [0.4, 0.5) is 10.8 Å². The Balaban J connectivity index is 1.29. The standard InChI is InChI=1S/C22H28N6OS/c1-2-26(19-10-4-3-5-11-19)16-12-23-20(29)18-9-8-15-28(17-18)22-25-24-21(30-22)27-13-6-7-14-27/h3-7,10-11,13-14,18H,2,8-9,12,15-17H2,1H3,(H,23,29)/t18-/m0/s1. The number of rotatable bonds is 8. The Kier molecular flexibility index (Phi) is 6.63. The lowest BCUT2D eigenvalue weighted by molar-refractivity contribution is -0.125. The summed E-state index contributed by atoms with van der Waals surface area (Å²) in [5.74, 6) is 0.128. The predicted molar refractivity (Wildman–Crippen MR) is 122 cm³/mol. The van der Waals surface area contributed by atoms with Crippen LogP contribution in [0, 0.1) is 5.92 Å². The Morgan fingerprint density at radius 3 is 2.70 bits per heavy atom. The SMILES string of the molecule is CCN(CCNC(=O)[C@H]1CCCN(c2nnc(-n3cccc3)s2)C1)c1ccccc1. The second-order valence-corrected chi connectivity index (χ2v) is 8.38. The number of carbonyl (C=O) groups is 1. The summed E-state index contributed by atoms with van der Waals surface area (Å²) in [6.45, 7) is 6.12. The molecule has 0 aliphatic carbocycles. The van der Waals surface area contributed by atoms with Crippen LogP contribution in [0.1, 0.15) is 19.8 Å². The summed E-state index contributed by atoms with van der Waals surface area (Å²) < 4.78 is 1.96. The van der Waals surface area contributed by atoms with Crippen molar-refractivity contribution in [2.24, 2.45) is 5.92 Å². The molecule has 1 aromatic carbocycles. The van der Waals surface area contributed by atoms with Crippen molar-refractivity contribution in [3.8, 4) is 5.13 Å². The molecule has 1 aliphatic heterocycles. The summed E-state index contributed by atoms with van der Waals surface area (Å²) in [7, 11) is 0. The molecule has 0 bridgehead atoms. The third-order valence-corrected chi connectivity index (χ3v) is 6.47. The average Bonchev–Trinajstić information content (AvgIpc) is 3.49. The van der Waals surface area contributed by atoms with Crippen molar-refractivity contribution in [1.82, 2.24) is 20.1 Å². The average molecular weight is 425 g/mol. The molecule has 0 spiro atoms. The number of piperidine rings is 1. The van der Waals surface area contributed by atoms with E-state index in [-0.39, 0.29) is 11.8 Å². The number of carbonyl (C=O) groups excluding carboxylic acids is 1. The van der Waals surface area contributed by atoms with E-state index in [1.165, 1.54) is 5.69 Å². The fourth-order valence-corrected chi connectivity index (χ4v) is 4.68. The van der Waals surface area contributed by atoms with Crippen molar-refractivity contribution >= 4 is 28.1 Å². The van der Waals surface area contributed by atoms with Gasteiger partial charge in [0.2, 0.25) is 16.2 Å². The molecule has 1 aliphatic rings. The molecule has 0 radical (unpaired) electrons. The Morgan fingerprint density at radius 1 is 1.17 bits per heavy atom. The van der Waals surface area contributed by atoms with Gasteiger partial charge in [-0.15, -0.1) is 10.2 Å². The number of para-hydroxylation sites is 1. The van der Waals surface area contributed by atoms with E-state index in [0.29, 0.717) is 13.1 Å². The molecule has 4 rings (SSSR count). The van der Waals surface area contributed by atoms with E-state index in [0.717, 1.165) is 42.7 Å². The molecule has 1 saturated heterocycles. The van der Waals surface area contributed by atoms with Crippen LogP contribution in [0.2, 0.25) is 0 Å². The zero-order chi connectivity index (χ0) is 20.8. The van der Waals surface area contributed by atoms with E-state index in [1.807, 2.05) is 47.3 Å². The van der Waals surface area contributed by atoms with Crippen LogP contribution in [0.25, 0.3) is 5.13 Å². The van der Waals surface area contributed by atoms with E-state index in [1.54, 1.807) is 11.3 Å². The summed E-state index contributed by atoms with van der Waals surface area (Å²) >= 11 is 1.56. The van der Waals surface area contributed by atoms with Crippen molar-refractivity contribution < 1.29 is 4.79 Å². The Labute approximate surface area is 181 Å². The van der Waals surface area contributed by atoms with Gasteiger partial charge in [-0.25, -0.2) is 0 Å². The highest BCUT2D eigenvalue weighted by atomic mass is 32.1. The number of anilines is 2.